The van der Waals surface area contributed by atoms with Crippen molar-refractivity contribution in [3.8, 4) is 11.3 Å². The van der Waals surface area contributed by atoms with Gasteiger partial charge in [-0.3, -0.25) is 0 Å². The fourth-order valence-corrected chi connectivity index (χ4v) is 2.18. The summed E-state index contributed by atoms with van der Waals surface area (Å²) in [6, 6.07) is 8.48. The Bertz CT molecular complexity index is 552. The second kappa shape index (κ2) is 5.45. The lowest BCUT2D eigenvalue weighted by molar-refractivity contribution is 0.761. The van der Waals surface area contributed by atoms with E-state index < -0.39 is 0 Å². The van der Waals surface area contributed by atoms with Gasteiger partial charge in [0.2, 0.25) is 0 Å². The zero-order chi connectivity index (χ0) is 14.0. The zero-order valence-corrected chi connectivity index (χ0v) is 12.1. The Morgan fingerprint density at radius 1 is 1.21 bits per heavy atom. The molecule has 1 heterocycles. The van der Waals surface area contributed by atoms with Crippen molar-refractivity contribution in [3.63, 3.8) is 0 Å². The number of anilines is 1. The second-order valence-electron chi connectivity index (χ2n) is 5.00. The molecule has 2 rings (SSSR count). The van der Waals surface area contributed by atoms with Gasteiger partial charge in [-0.05, 0) is 25.6 Å². The maximum Gasteiger partial charge on any atom is 0.110 e. The highest BCUT2D eigenvalue weighted by molar-refractivity contribution is 5.65. The summed E-state index contributed by atoms with van der Waals surface area (Å²) in [6.45, 7) is 2.73. The van der Waals surface area contributed by atoms with E-state index in [1.54, 1.807) is 0 Å². The molecule has 0 bridgehead atoms. The Morgan fingerprint density at radius 2 is 1.84 bits per heavy atom. The summed E-state index contributed by atoms with van der Waals surface area (Å²) in [5, 5.41) is 0. The van der Waals surface area contributed by atoms with Gasteiger partial charge in [0.05, 0.1) is 5.69 Å². The first-order valence-electron chi connectivity index (χ1n) is 6.54. The van der Waals surface area contributed by atoms with Crippen molar-refractivity contribution in [1.29, 1.82) is 0 Å². The summed E-state index contributed by atoms with van der Waals surface area (Å²) in [6.07, 6.45) is 0.813. The van der Waals surface area contributed by atoms with Crippen LogP contribution in [0, 0.1) is 6.92 Å². The van der Waals surface area contributed by atoms with E-state index in [1.165, 1.54) is 11.4 Å². The van der Waals surface area contributed by atoms with Gasteiger partial charge in [-0.15, -0.1) is 0 Å². The number of nitrogens with zero attached hydrogens (tertiary/aromatic N) is 3. The average Bonchev–Trinajstić information content (AvgIpc) is 2.68. The van der Waals surface area contributed by atoms with E-state index in [0.717, 1.165) is 23.5 Å². The van der Waals surface area contributed by atoms with E-state index in [0.29, 0.717) is 6.54 Å². The number of imidazole rings is 1. The van der Waals surface area contributed by atoms with Crippen molar-refractivity contribution in [1.82, 2.24) is 9.55 Å². The lowest BCUT2D eigenvalue weighted by Gasteiger charge is -2.12. The van der Waals surface area contributed by atoms with Gasteiger partial charge in [0.25, 0.3) is 0 Å². The molecular weight excluding hydrogens is 236 g/mol. The summed E-state index contributed by atoms with van der Waals surface area (Å²) in [4.78, 5) is 6.81. The van der Waals surface area contributed by atoms with Crippen LogP contribution in [0.25, 0.3) is 11.3 Å². The first kappa shape index (κ1) is 13.6. The van der Waals surface area contributed by atoms with E-state index in [-0.39, 0.29) is 0 Å². The minimum absolute atomic E-state index is 0.628. The maximum atomic E-state index is 5.62. The quantitative estimate of drug-likeness (QED) is 0.912. The molecule has 4 nitrogen and oxygen atoms in total. The first-order chi connectivity index (χ1) is 9.04. The summed E-state index contributed by atoms with van der Waals surface area (Å²) < 4.78 is 2.13. The predicted octanol–water partition coefficient (Wildman–Crippen LogP) is 1.96. The van der Waals surface area contributed by atoms with Gasteiger partial charge >= 0.3 is 0 Å². The Balaban J connectivity index is 2.38. The fourth-order valence-electron chi connectivity index (χ4n) is 2.18. The molecule has 0 aliphatic rings. The third kappa shape index (κ3) is 2.63. The lowest BCUT2D eigenvalue weighted by Crippen LogP contribution is -2.08. The molecule has 0 amide bonds. The molecule has 2 aromatic rings. The minimum Gasteiger partial charge on any atom is -0.378 e. The lowest BCUT2D eigenvalue weighted by atomic mass is 10.1. The smallest absolute Gasteiger partial charge is 0.110 e. The molecule has 0 spiro atoms. The van der Waals surface area contributed by atoms with E-state index in [1.807, 2.05) is 21.1 Å². The van der Waals surface area contributed by atoms with Crippen LogP contribution in [0.3, 0.4) is 0 Å². The number of aromatic nitrogens is 2. The van der Waals surface area contributed by atoms with Crippen molar-refractivity contribution < 1.29 is 0 Å². The Morgan fingerprint density at radius 3 is 2.37 bits per heavy atom. The van der Waals surface area contributed by atoms with Crippen LogP contribution in [0.15, 0.2) is 24.3 Å². The fraction of sp³-hybridized carbons (Fsp3) is 0.400. The molecular formula is C15H22N4. The molecule has 102 valence electrons. The normalized spacial score (nSPS) is 10.8. The predicted molar refractivity (Wildman–Crippen MR) is 80.5 cm³/mol. The van der Waals surface area contributed by atoms with Crippen LogP contribution in [0.1, 0.15) is 11.5 Å². The third-order valence-corrected chi connectivity index (χ3v) is 3.50. The molecule has 0 unspecified atom stereocenters. The highest BCUT2D eigenvalue weighted by Gasteiger charge is 2.12. The van der Waals surface area contributed by atoms with Gasteiger partial charge < -0.3 is 15.2 Å². The number of hydrogen-bond donors (Lipinski definition) is 1. The second-order valence-corrected chi connectivity index (χ2v) is 5.00. The maximum absolute atomic E-state index is 5.62. The molecule has 19 heavy (non-hydrogen) atoms. The Hall–Kier alpha value is -1.81. The molecule has 0 saturated carbocycles. The van der Waals surface area contributed by atoms with E-state index >= 15 is 0 Å². The van der Waals surface area contributed by atoms with Crippen LogP contribution in [0.4, 0.5) is 5.69 Å². The van der Waals surface area contributed by atoms with E-state index in [2.05, 4.69) is 40.7 Å². The van der Waals surface area contributed by atoms with Crippen LogP contribution in [-0.4, -0.2) is 30.2 Å². The van der Waals surface area contributed by atoms with Crippen LogP contribution >= 0.6 is 0 Å². The summed E-state index contributed by atoms with van der Waals surface area (Å²) >= 11 is 0. The summed E-state index contributed by atoms with van der Waals surface area (Å²) in [5.41, 5.74) is 10.2. The highest BCUT2D eigenvalue weighted by atomic mass is 15.1. The molecule has 0 radical (unpaired) electrons. The van der Waals surface area contributed by atoms with Gasteiger partial charge in [-0.25, -0.2) is 4.98 Å². The van der Waals surface area contributed by atoms with Crippen molar-refractivity contribution >= 4 is 5.69 Å². The summed E-state index contributed by atoms with van der Waals surface area (Å²) in [5.74, 6) is 1.05. The average molecular weight is 258 g/mol. The van der Waals surface area contributed by atoms with Gasteiger partial charge in [-0.1, -0.05) is 12.1 Å². The molecule has 4 heteroatoms. The van der Waals surface area contributed by atoms with Crippen molar-refractivity contribution in [2.24, 2.45) is 12.8 Å². The molecule has 0 aliphatic carbocycles. The summed E-state index contributed by atoms with van der Waals surface area (Å²) in [7, 11) is 6.13. The van der Waals surface area contributed by atoms with E-state index in [4.69, 9.17) is 10.7 Å². The topological polar surface area (TPSA) is 47.1 Å². The van der Waals surface area contributed by atoms with Gasteiger partial charge in [0.15, 0.2) is 0 Å². The van der Waals surface area contributed by atoms with Gasteiger partial charge in [-0.2, -0.15) is 0 Å². The number of hydrogen-bond acceptors (Lipinski definition) is 3. The van der Waals surface area contributed by atoms with Crippen LogP contribution in [0.2, 0.25) is 0 Å². The van der Waals surface area contributed by atoms with Gasteiger partial charge in [0.1, 0.15) is 5.82 Å². The van der Waals surface area contributed by atoms with Crippen LogP contribution in [-0.2, 0) is 13.5 Å². The highest BCUT2D eigenvalue weighted by Crippen LogP contribution is 2.25. The molecule has 1 aromatic carbocycles. The molecule has 0 saturated heterocycles. The van der Waals surface area contributed by atoms with Crippen LogP contribution < -0.4 is 10.6 Å². The standard InChI is InChI=1S/C15H22N4/c1-11-15(17-14(9-10-16)19(11)4)12-5-7-13(8-6-12)18(2)3/h5-8H,9-10,16H2,1-4H3. The largest absolute Gasteiger partial charge is 0.378 e. The molecule has 0 fully saturated rings. The molecule has 0 atom stereocenters. The number of nitrogens with two attached hydrogens (primary N) is 1. The first-order valence-corrected chi connectivity index (χ1v) is 6.54. The van der Waals surface area contributed by atoms with E-state index in [9.17, 15) is 0 Å². The minimum atomic E-state index is 0.628. The molecule has 1 aromatic heterocycles. The van der Waals surface area contributed by atoms with Crippen molar-refractivity contribution in [2.75, 3.05) is 25.5 Å². The monoisotopic (exact) mass is 258 g/mol. The van der Waals surface area contributed by atoms with Gasteiger partial charge in [0, 0.05) is 44.5 Å². The Labute approximate surface area is 114 Å². The van der Waals surface area contributed by atoms with Crippen molar-refractivity contribution in [3.05, 3.63) is 35.8 Å². The SMILES string of the molecule is Cc1c(-c2ccc(N(C)C)cc2)nc(CCN)n1C. The van der Waals surface area contributed by atoms with Crippen molar-refractivity contribution in [2.45, 2.75) is 13.3 Å². The Kier molecular flexibility index (Phi) is 3.90. The van der Waals surface area contributed by atoms with Crippen LogP contribution in [0.5, 0.6) is 0 Å². The zero-order valence-electron chi connectivity index (χ0n) is 12.1. The number of rotatable bonds is 4. The molecule has 2 N–H and O–H groups in total. The molecule has 0 aliphatic heterocycles. The third-order valence-electron chi connectivity index (χ3n) is 3.50. The number of benzene rings is 1.